The first kappa shape index (κ1) is 13.6. The Balaban J connectivity index is 2.06. The van der Waals surface area contributed by atoms with Crippen molar-refractivity contribution in [1.82, 2.24) is 15.2 Å². The zero-order chi connectivity index (χ0) is 16.0. The first-order valence-corrected chi connectivity index (χ1v) is 6.85. The molecule has 0 aliphatic heterocycles. The highest BCUT2D eigenvalue weighted by Gasteiger charge is 2.19. The summed E-state index contributed by atoms with van der Waals surface area (Å²) in [5, 5.41) is 6.67. The lowest BCUT2D eigenvalue weighted by molar-refractivity contribution is 0.527. The van der Waals surface area contributed by atoms with E-state index >= 15 is 0 Å². The molecular formula is C16H9BFN3O2. The molecule has 4 rings (SSSR count). The number of aromatic nitrogens is 3. The van der Waals surface area contributed by atoms with Gasteiger partial charge in [0.15, 0.2) is 0 Å². The Hall–Kier alpha value is -3.09. The van der Waals surface area contributed by atoms with Gasteiger partial charge in [0.2, 0.25) is 0 Å². The molecule has 0 atom stereocenters. The summed E-state index contributed by atoms with van der Waals surface area (Å²) in [4.78, 5) is 14.5. The summed E-state index contributed by atoms with van der Waals surface area (Å²) >= 11 is 0. The van der Waals surface area contributed by atoms with E-state index in [1.165, 1.54) is 12.1 Å². The van der Waals surface area contributed by atoms with Gasteiger partial charge >= 0.3 is 5.76 Å². The lowest BCUT2D eigenvalue weighted by atomic mass is 9.94. The topological polar surface area (TPSA) is 74.7 Å². The van der Waals surface area contributed by atoms with Crippen LogP contribution in [0, 0.1) is 5.82 Å². The van der Waals surface area contributed by atoms with Gasteiger partial charge in [0.25, 0.3) is 5.89 Å². The predicted molar refractivity (Wildman–Crippen MR) is 85.2 cm³/mol. The van der Waals surface area contributed by atoms with Gasteiger partial charge in [0.1, 0.15) is 13.7 Å². The third-order valence-electron chi connectivity index (χ3n) is 3.61. The normalized spacial score (nSPS) is 11.2. The smallest absolute Gasteiger partial charge is 0.388 e. The Morgan fingerprint density at radius 3 is 2.61 bits per heavy atom. The summed E-state index contributed by atoms with van der Waals surface area (Å²) in [5.41, 5.74) is 3.34. The Bertz CT molecular complexity index is 1060. The van der Waals surface area contributed by atoms with Gasteiger partial charge in [-0.1, -0.05) is 29.7 Å². The van der Waals surface area contributed by atoms with Gasteiger partial charge in [0, 0.05) is 10.9 Å². The summed E-state index contributed by atoms with van der Waals surface area (Å²) in [6, 6.07) is 11.5. The maximum absolute atomic E-state index is 13.7. The van der Waals surface area contributed by atoms with Crippen LogP contribution in [-0.4, -0.2) is 23.0 Å². The molecule has 0 bridgehead atoms. The second-order valence-electron chi connectivity index (χ2n) is 5.11. The fraction of sp³-hybridized carbons (Fsp3) is 0. The van der Waals surface area contributed by atoms with E-state index in [-0.39, 0.29) is 11.7 Å². The van der Waals surface area contributed by atoms with Gasteiger partial charge in [-0.25, -0.2) is 14.3 Å². The monoisotopic (exact) mass is 305 g/mol. The average Bonchev–Trinajstić information content (AvgIpc) is 3.11. The molecule has 110 valence electrons. The molecule has 0 aliphatic rings. The lowest BCUT2D eigenvalue weighted by Gasteiger charge is -2.02. The number of aromatic amines is 2. The molecule has 2 aromatic carbocycles. The molecular weight excluding hydrogens is 296 g/mol. The molecule has 0 unspecified atom stereocenters. The molecule has 7 heteroatoms. The highest BCUT2D eigenvalue weighted by atomic mass is 19.1. The predicted octanol–water partition coefficient (Wildman–Crippen LogP) is 2.11. The summed E-state index contributed by atoms with van der Waals surface area (Å²) in [6.07, 6.45) is 0. The van der Waals surface area contributed by atoms with Crippen LogP contribution in [0.1, 0.15) is 0 Å². The van der Waals surface area contributed by atoms with Crippen LogP contribution in [0.25, 0.3) is 33.6 Å². The van der Waals surface area contributed by atoms with Crippen LogP contribution in [-0.2, 0) is 0 Å². The largest absolute Gasteiger partial charge is 0.434 e. The number of halogens is 1. The van der Waals surface area contributed by atoms with Crippen LogP contribution < -0.4 is 11.2 Å². The second-order valence-corrected chi connectivity index (χ2v) is 5.11. The van der Waals surface area contributed by atoms with E-state index in [4.69, 9.17) is 12.3 Å². The van der Waals surface area contributed by atoms with E-state index in [0.717, 1.165) is 5.56 Å². The molecule has 0 aliphatic carbocycles. The fourth-order valence-electron chi connectivity index (χ4n) is 2.59. The van der Waals surface area contributed by atoms with Crippen molar-refractivity contribution in [2.75, 3.05) is 0 Å². The van der Waals surface area contributed by atoms with E-state index in [9.17, 15) is 9.18 Å². The van der Waals surface area contributed by atoms with Crippen molar-refractivity contribution in [3.05, 3.63) is 58.8 Å². The number of benzene rings is 2. The number of nitrogens with one attached hydrogen (secondary N) is 2. The molecule has 2 heterocycles. The van der Waals surface area contributed by atoms with Crippen molar-refractivity contribution in [3.63, 3.8) is 0 Å². The maximum Gasteiger partial charge on any atom is 0.434 e. The summed E-state index contributed by atoms with van der Waals surface area (Å²) < 4.78 is 18.7. The molecule has 0 amide bonds. The van der Waals surface area contributed by atoms with E-state index in [0.29, 0.717) is 27.6 Å². The third kappa shape index (κ3) is 2.26. The van der Waals surface area contributed by atoms with Crippen molar-refractivity contribution >= 4 is 24.2 Å². The van der Waals surface area contributed by atoms with E-state index in [1.807, 2.05) is 12.1 Å². The summed E-state index contributed by atoms with van der Waals surface area (Å²) in [5.74, 6) is -0.966. The highest BCUT2D eigenvalue weighted by molar-refractivity contribution is 6.32. The summed E-state index contributed by atoms with van der Waals surface area (Å²) in [7, 11) is 5.72. The zero-order valence-electron chi connectivity index (χ0n) is 11.8. The van der Waals surface area contributed by atoms with Gasteiger partial charge < -0.3 is 9.40 Å². The van der Waals surface area contributed by atoms with Gasteiger partial charge in [-0.05, 0) is 23.8 Å². The molecule has 0 spiro atoms. The quantitative estimate of drug-likeness (QED) is 0.557. The number of rotatable bonds is 2. The summed E-state index contributed by atoms with van der Waals surface area (Å²) in [6.45, 7) is 0. The Morgan fingerprint density at radius 1 is 1.13 bits per heavy atom. The van der Waals surface area contributed by atoms with Crippen LogP contribution in [0.3, 0.4) is 0 Å². The number of H-pyrrole nitrogens is 2. The van der Waals surface area contributed by atoms with Gasteiger partial charge in [-0.2, -0.15) is 0 Å². The average molecular weight is 305 g/mol. The van der Waals surface area contributed by atoms with Gasteiger partial charge in [-0.15, -0.1) is 5.10 Å². The van der Waals surface area contributed by atoms with E-state index in [2.05, 4.69) is 15.2 Å². The molecule has 23 heavy (non-hydrogen) atoms. The van der Waals surface area contributed by atoms with Gasteiger partial charge in [-0.3, -0.25) is 0 Å². The van der Waals surface area contributed by atoms with Crippen molar-refractivity contribution in [3.8, 4) is 22.7 Å². The van der Waals surface area contributed by atoms with Gasteiger partial charge in [0.05, 0.1) is 11.3 Å². The minimum absolute atomic E-state index is 0.0960. The van der Waals surface area contributed by atoms with Crippen LogP contribution in [0.5, 0.6) is 0 Å². The molecule has 4 aromatic rings. The minimum atomic E-state index is -0.672. The Morgan fingerprint density at radius 2 is 1.91 bits per heavy atom. The van der Waals surface area contributed by atoms with Crippen LogP contribution in [0.2, 0.25) is 0 Å². The fourth-order valence-corrected chi connectivity index (χ4v) is 2.59. The maximum atomic E-state index is 13.7. The van der Waals surface area contributed by atoms with Crippen LogP contribution in [0.4, 0.5) is 4.39 Å². The number of hydrogen-bond acceptors (Lipinski definition) is 3. The van der Waals surface area contributed by atoms with E-state index < -0.39 is 5.76 Å². The van der Waals surface area contributed by atoms with Crippen LogP contribution in [0.15, 0.2) is 51.7 Å². The second kappa shape index (κ2) is 4.98. The molecule has 2 aromatic heterocycles. The number of fused-ring (bicyclic) bond motifs is 1. The third-order valence-corrected chi connectivity index (χ3v) is 3.61. The zero-order valence-corrected chi connectivity index (χ0v) is 11.8. The molecule has 0 saturated heterocycles. The van der Waals surface area contributed by atoms with Crippen molar-refractivity contribution in [2.24, 2.45) is 0 Å². The first-order chi connectivity index (χ1) is 11.1. The van der Waals surface area contributed by atoms with Crippen LogP contribution >= 0.6 is 0 Å². The minimum Gasteiger partial charge on any atom is -0.388 e. The van der Waals surface area contributed by atoms with Crippen molar-refractivity contribution in [1.29, 1.82) is 0 Å². The standard InChI is InChI=1S/C16H9BFN3O2/c17-9-3-1-8(2-4-9)14-13(15-20-21-16(22)23-15)11-7-10(18)5-6-12(11)19-14/h1-7,19H,(H,21,22). The Kier molecular flexibility index (Phi) is 2.94. The van der Waals surface area contributed by atoms with Crippen molar-refractivity contribution < 1.29 is 8.81 Å². The molecule has 2 radical (unpaired) electrons. The number of hydrogen-bond donors (Lipinski definition) is 2. The SMILES string of the molecule is [B]c1ccc(-c2[nH]c3ccc(F)cc3c2-c2n[nH]c(=O)o2)cc1. The number of nitrogens with zero attached hydrogens (tertiary/aromatic N) is 1. The lowest BCUT2D eigenvalue weighted by Crippen LogP contribution is -1.99. The van der Waals surface area contributed by atoms with Crippen molar-refractivity contribution in [2.45, 2.75) is 0 Å². The highest BCUT2D eigenvalue weighted by Crippen LogP contribution is 2.37. The molecule has 0 fully saturated rings. The molecule has 0 saturated carbocycles. The molecule has 5 nitrogen and oxygen atoms in total. The molecule has 2 N–H and O–H groups in total. The van der Waals surface area contributed by atoms with E-state index in [1.54, 1.807) is 18.2 Å². The Labute approximate surface area is 130 Å². The first-order valence-electron chi connectivity index (χ1n) is 6.85.